The molecular formula is C19H26N4S. The summed E-state index contributed by atoms with van der Waals surface area (Å²) in [6.45, 7) is 7.85. The minimum Gasteiger partial charge on any atom is -0.331 e. The summed E-state index contributed by atoms with van der Waals surface area (Å²) in [5.41, 5.74) is 4.51. The molecule has 5 heteroatoms. The summed E-state index contributed by atoms with van der Waals surface area (Å²) in [4.78, 5) is 12.0. The second-order valence-corrected chi connectivity index (χ2v) is 8.24. The van der Waals surface area contributed by atoms with E-state index in [-0.39, 0.29) is 0 Å². The maximum atomic E-state index is 4.85. The molecule has 1 atom stereocenters. The van der Waals surface area contributed by atoms with E-state index in [4.69, 9.17) is 4.98 Å². The number of thiazole rings is 1. The maximum Gasteiger partial charge on any atom is 0.187 e. The molecule has 0 unspecified atom stereocenters. The molecule has 4 rings (SSSR count). The first kappa shape index (κ1) is 16.0. The number of hydrogen-bond donors (Lipinski definition) is 1. The van der Waals surface area contributed by atoms with Crippen LogP contribution in [0.25, 0.3) is 0 Å². The van der Waals surface area contributed by atoms with Gasteiger partial charge in [-0.25, -0.2) is 4.98 Å². The maximum absolute atomic E-state index is 4.85. The van der Waals surface area contributed by atoms with E-state index >= 15 is 0 Å². The molecule has 1 aliphatic carbocycles. The highest BCUT2D eigenvalue weighted by Gasteiger charge is 2.28. The molecule has 128 valence electrons. The molecule has 24 heavy (non-hydrogen) atoms. The van der Waals surface area contributed by atoms with Gasteiger partial charge in [-0.05, 0) is 64.1 Å². The molecule has 0 spiro atoms. The zero-order valence-electron chi connectivity index (χ0n) is 14.6. The van der Waals surface area contributed by atoms with Crippen molar-refractivity contribution in [3.63, 3.8) is 0 Å². The fourth-order valence-corrected chi connectivity index (χ4v) is 4.35. The van der Waals surface area contributed by atoms with Gasteiger partial charge in [0.1, 0.15) is 0 Å². The predicted molar refractivity (Wildman–Crippen MR) is 100 cm³/mol. The van der Waals surface area contributed by atoms with Crippen LogP contribution in [0, 0.1) is 19.8 Å². The summed E-state index contributed by atoms with van der Waals surface area (Å²) >= 11 is 1.65. The molecular weight excluding hydrogens is 316 g/mol. The fourth-order valence-electron chi connectivity index (χ4n) is 3.64. The Kier molecular flexibility index (Phi) is 4.55. The number of aromatic nitrogens is 2. The molecule has 1 aliphatic heterocycles. The molecule has 1 saturated carbocycles. The average Bonchev–Trinajstić information content (AvgIpc) is 3.27. The van der Waals surface area contributed by atoms with Crippen molar-refractivity contribution in [2.45, 2.75) is 45.4 Å². The van der Waals surface area contributed by atoms with Gasteiger partial charge in [-0.2, -0.15) is 0 Å². The summed E-state index contributed by atoms with van der Waals surface area (Å²) in [6, 6.07) is 4.35. The lowest BCUT2D eigenvalue weighted by Crippen LogP contribution is -2.36. The van der Waals surface area contributed by atoms with Crippen molar-refractivity contribution in [2.24, 2.45) is 5.92 Å². The lowest BCUT2D eigenvalue weighted by molar-refractivity contribution is 0.198. The minimum atomic E-state index is 0.566. The second kappa shape index (κ2) is 6.81. The fraction of sp³-hybridized carbons (Fsp3) is 0.579. The Morgan fingerprint density at radius 3 is 2.79 bits per heavy atom. The Hall–Kier alpha value is -1.46. The van der Waals surface area contributed by atoms with E-state index in [0.29, 0.717) is 5.92 Å². The van der Waals surface area contributed by atoms with Crippen molar-refractivity contribution in [1.82, 2.24) is 14.9 Å². The highest BCUT2D eigenvalue weighted by atomic mass is 32.1. The van der Waals surface area contributed by atoms with Crippen LogP contribution in [0.2, 0.25) is 0 Å². The van der Waals surface area contributed by atoms with Gasteiger partial charge in [-0.3, -0.25) is 4.98 Å². The van der Waals surface area contributed by atoms with Gasteiger partial charge in [0, 0.05) is 41.5 Å². The van der Waals surface area contributed by atoms with Crippen molar-refractivity contribution in [2.75, 3.05) is 25.0 Å². The Morgan fingerprint density at radius 2 is 2.04 bits per heavy atom. The second-order valence-electron chi connectivity index (χ2n) is 7.38. The highest BCUT2D eigenvalue weighted by Crippen LogP contribution is 2.33. The van der Waals surface area contributed by atoms with Crippen LogP contribution in [0.1, 0.15) is 48.7 Å². The number of pyridine rings is 1. The smallest absolute Gasteiger partial charge is 0.187 e. The zero-order chi connectivity index (χ0) is 16.5. The number of aryl methyl sites for hydroxylation is 2. The van der Waals surface area contributed by atoms with Gasteiger partial charge in [0.05, 0.1) is 5.69 Å². The van der Waals surface area contributed by atoms with Crippen LogP contribution in [0.5, 0.6) is 0 Å². The van der Waals surface area contributed by atoms with Gasteiger partial charge >= 0.3 is 0 Å². The number of rotatable bonds is 5. The summed E-state index contributed by atoms with van der Waals surface area (Å²) in [6.07, 6.45) is 5.42. The minimum absolute atomic E-state index is 0.566. The first-order valence-corrected chi connectivity index (χ1v) is 9.94. The SMILES string of the molecule is Cc1cc(Nc2nc(C)cs2)cc([C@H]2CCCN(CC3CC3)C2)n1. The van der Waals surface area contributed by atoms with Crippen molar-refractivity contribution in [1.29, 1.82) is 0 Å². The van der Waals surface area contributed by atoms with E-state index in [9.17, 15) is 0 Å². The van der Waals surface area contributed by atoms with Gasteiger partial charge in [0.2, 0.25) is 0 Å². The van der Waals surface area contributed by atoms with Crippen molar-refractivity contribution >= 4 is 22.2 Å². The van der Waals surface area contributed by atoms with Crippen LogP contribution in [0.4, 0.5) is 10.8 Å². The first-order chi connectivity index (χ1) is 11.7. The lowest BCUT2D eigenvalue weighted by atomic mass is 9.93. The van der Waals surface area contributed by atoms with Crippen LogP contribution < -0.4 is 5.32 Å². The van der Waals surface area contributed by atoms with Gasteiger partial charge in [0.25, 0.3) is 0 Å². The van der Waals surface area contributed by atoms with E-state index < -0.39 is 0 Å². The van der Waals surface area contributed by atoms with E-state index in [1.165, 1.54) is 51.0 Å². The molecule has 0 amide bonds. The Balaban J connectivity index is 1.49. The number of hydrogen-bond acceptors (Lipinski definition) is 5. The summed E-state index contributed by atoms with van der Waals surface area (Å²) in [5.74, 6) is 1.54. The number of nitrogens with zero attached hydrogens (tertiary/aromatic N) is 3. The number of anilines is 2. The summed E-state index contributed by atoms with van der Waals surface area (Å²) in [5, 5.41) is 6.49. The number of likely N-dealkylation sites (tertiary alicyclic amines) is 1. The highest BCUT2D eigenvalue weighted by molar-refractivity contribution is 7.13. The lowest BCUT2D eigenvalue weighted by Gasteiger charge is -2.32. The molecule has 2 aromatic rings. The topological polar surface area (TPSA) is 41.1 Å². The van der Waals surface area contributed by atoms with Crippen LogP contribution in [-0.2, 0) is 0 Å². The Morgan fingerprint density at radius 1 is 1.17 bits per heavy atom. The number of piperidine rings is 1. The summed E-state index contributed by atoms with van der Waals surface area (Å²) in [7, 11) is 0. The van der Waals surface area contributed by atoms with Crippen molar-refractivity contribution < 1.29 is 0 Å². The third kappa shape index (κ3) is 3.95. The van der Waals surface area contributed by atoms with Crippen LogP contribution in [0.3, 0.4) is 0 Å². The molecule has 1 saturated heterocycles. The molecule has 2 aliphatic rings. The molecule has 4 nitrogen and oxygen atoms in total. The first-order valence-electron chi connectivity index (χ1n) is 9.06. The molecule has 2 fully saturated rings. The standard InChI is InChI=1S/C19H26N4S/c1-13-8-17(22-19-21-14(2)12-24-19)9-18(20-13)16-4-3-7-23(11-16)10-15-5-6-15/h8-9,12,15-16H,3-7,10-11H2,1-2H3,(H,20,21,22)/t16-/m0/s1. The number of nitrogens with one attached hydrogen (secondary N) is 1. The van der Waals surface area contributed by atoms with E-state index in [1.807, 2.05) is 6.92 Å². The average molecular weight is 343 g/mol. The third-order valence-corrected chi connectivity index (χ3v) is 5.86. The van der Waals surface area contributed by atoms with E-state index in [0.717, 1.165) is 28.1 Å². The van der Waals surface area contributed by atoms with Crippen molar-refractivity contribution in [3.8, 4) is 0 Å². The summed E-state index contributed by atoms with van der Waals surface area (Å²) < 4.78 is 0. The molecule has 1 N–H and O–H groups in total. The van der Waals surface area contributed by atoms with Crippen LogP contribution in [0.15, 0.2) is 17.5 Å². The molecule has 3 heterocycles. The predicted octanol–water partition coefficient (Wildman–Crippen LogP) is 4.49. The Labute approximate surface area is 148 Å². The normalized spacial score (nSPS) is 21.8. The third-order valence-electron chi connectivity index (χ3n) is 4.98. The monoisotopic (exact) mass is 342 g/mol. The molecule has 0 radical (unpaired) electrons. The Bertz CT molecular complexity index is 707. The quantitative estimate of drug-likeness (QED) is 0.869. The van der Waals surface area contributed by atoms with Gasteiger partial charge < -0.3 is 10.2 Å². The van der Waals surface area contributed by atoms with Crippen molar-refractivity contribution in [3.05, 3.63) is 34.6 Å². The molecule has 0 bridgehead atoms. The van der Waals surface area contributed by atoms with Crippen LogP contribution >= 0.6 is 11.3 Å². The zero-order valence-corrected chi connectivity index (χ0v) is 15.4. The largest absolute Gasteiger partial charge is 0.331 e. The molecule has 0 aromatic carbocycles. The van der Waals surface area contributed by atoms with E-state index in [2.05, 4.69) is 39.6 Å². The van der Waals surface area contributed by atoms with Gasteiger partial charge in [-0.1, -0.05) is 0 Å². The van der Waals surface area contributed by atoms with Crippen LogP contribution in [-0.4, -0.2) is 34.5 Å². The van der Waals surface area contributed by atoms with Gasteiger partial charge in [0.15, 0.2) is 5.13 Å². The van der Waals surface area contributed by atoms with Gasteiger partial charge in [-0.15, -0.1) is 11.3 Å². The van der Waals surface area contributed by atoms with E-state index in [1.54, 1.807) is 11.3 Å². The molecule has 2 aromatic heterocycles.